The summed E-state index contributed by atoms with van der Waals surface area (Å²) in [6, 6.07) is 12.9. The summed E-state index contributed by atoms with van der Waals surface area (Å²) in [5.41, 5.74) is 1.99. The Morgan fingerprint density at radius 1 is 0.944 bits per heavy atom. The third-order valence-corrected chi connectivity index (χ3v) is 3.70. The van der Waals surface area contributed by atoms with Crippen LogP contribution in [-0.4, -0.2) is 7.05 Å². The number of nitrogens with one attached hydrogen (secondary N) is 1. The van der Waals surface area contributed by atoms with E-state index in [2.05, 4.69) is 37.2 Å². The summed E-state index contributed by atoms with van der Waals surface area (Å²) in [5, 5.41) is 3.21. The fourth-order valence-corrected chi connectivity index (χ4v) is 2.67. The quantitative estimate of drug-likeness (QED) is 0.826. The molecule has 0 aliphatic heterocycles. The van der Waals surface area contributed by atoms with Gasteiger partial charge in [-0.25, -0.2) is 4.39 Å². The fourth-order valence-electron chi connectivity index (χ4n) is 1.92. The minimum Gasteiger partial charge on any atom is -0.309 e. The van der Waals surface area contributed by atoms with Gasteiger partial charge in [0, 0.05) is 8.95 Å². The molecule has 0 saturated carbocycles. The van der Waals surface area contributed by atoms with Crippen molar-refractivity contribution >= 4 is 31.9 Å². The number of hydrogen-bond donors (Lipinski definition) is 1. The summed E-state index contributed by atoms with van der Waals surface area (Å²) in [4.78, 5) is 0. The predicted molar refractivity (Wildman–Crippen MR) is 79.1 cm³/mol. The maximum absolute atomic E-state index is 13.4. The molecule has 0 saturated heterocycles. The van der Waals surface area contributed by atoms with E-state index in [0.717, 1.165) is 20.1 Å². The van der Waals surface area contributed by atoms with Crippen molar-refractivity contribution in [1.82, 2.24) is 5.32 Å². The van der Waals surface area contributed by atoms with Gasteiger partial charge in [0.2, 0.25) is 0 Å². The highest BCUT2D eigenvalue weighted by Gasteiger charge is 2.13. The van der Waals surface area contributed by atoms with Gasteiger partial charge in [0.15, 0.2) is 0 Å². The first-order valence-corrected chi connectivity index (χ1v) is 7.07. The molecule has 1 unspecified atom stereocenters. The lowest BCUT2D eigenvalue weighted by Gasteiger charge is -2.17. The normalized spacial score (nSPS) is 12.4. The number of halogens is 3. The zero-order valence-electron chi connectivity index (χ0n) is 9.75. The number of benzene rings is 2. The molecule has 0 fully saturated rings. The Balaban J connectivity index is 2.41. The standard InChI is InChI=1S/C14H12Br2FN/c1-18-14(9-2-4-11(15)5-3-9)10-6-12(16)8-13(17)7-10/h2-8,14,18H,1H3. The van der Waals surface area contributed by atoms with Crippen molar-refractivity contribution in [2.24, 2.45) is 0 Å². The van der Waals surface area contributed by atoms with E-state index < -0.39 is 0 Å². The highest BCUT2D eigenvalue weighted by molar-refractivity contribution is 9.10. The second-order valence-corrected chi connectivity index (χ2v) is 5.81. The van der Waals surface area contributed by atoms with Crippen molar-refractivity contribution < 1.29 is 4.39 Å². The smallest absolute Gasteiger partial charge is 0.124 e. The lowest BCUT2D eigenvalue weighted by atomic mass is 9.99. The van der Waals surface area contributed by atoms with Crippen LogP contribution >= 0.6 is 31.9 Å². The second-order valence-electron chi connectivity index (χ2n) is 3.98. The lowest BCUT2D eigenvalue weighted by molar-refractivity contribution is 0.615. The maximum atomic E-state index is 13.4. The largest absolute Gasteiger partial charge is 0.309 e. The Bertz CT molecular complexity index is 520. The summed E-state index contributed by atoms with van der Waals surface area (Å²) in [6.45, 7) is 0. The molecule has 0 aliphatic carbocycles. The third kappa shape index (κ3) is 3.19. The Labute approximate surface area is 123 Å². The average Bonchev–Trinajstić information content (AvgIpc) is 2.31. The first kappa shape index (κ1) is 13.7. The zero-order valence-corrected chi connectivity index (χ0v) is 12.9. The predicted octanol–water partition coefficient (Wildman–Crippen LogP) is 4.66. The van der Waals surface area contributed by atoms with E-state index in [0.29, 0.717) is 0 Å². The summed E-state index contributed by atoms with van der Waals surface area (Å²) in [6.07, 6.45) is 0. The minimum absolute atomic E-state index is 0.0231. The molecule has 0 radical (unpaired) electrons. The molecule has 18 heavy (non-hydrogen) atoms. The Kier molecular flexibility index (Phi) is 4.54. The highest BCUT2D eigenvalue weighted by Crippen LogP contribution is 2.26. The molecule has 1 N–H and O–H groups in total. The van der Waals surface area contributed by atoms with Crippen molar-refractivity contribution in [2.45, 2.75) is 6.04 Å². The molecule has 0 spiro atoms. The van der Waals surface area contributed by atoms with Gasteiger partial charge in [-0.1, -0.05) is 44.0 Å². The molecular weight excluding hydrogens is 361 g/mol. The number of hydrogen-bond acceptors (Lipinski definition) is 1. The molecule has 2 rings (SSSR count). The molecule has 0 aliphatic rings. The van der Waals surface area contributed by atoms with E-state index in [-0.39, 0.29) is 11.9 Å². The van der Waals surface area contributed by atoms with Crippen LogP contribution in [-0.2, 0) is 0 Å². The minimum atomic E-state index is -0.239. The zero-order chi connectivity index (χ0) is 13.1. The van der Waals surface area contributed by atoms with Gasteiger partial charge in [-0.2, -0.15) is 0 Å². The van der Waals surface area contributed by atoms with Gasteiger partial charge in [-0.3, -0.25) is 0 Å². The molecule has 4 heteroatoms. The van der Waals surface area contributed by atoms with Crippen LogP contribution in [0, 0.1) is 5.82 Å². The molecule has 0 bridgehead atoms. The van der Waals surface area contributed by atoms with Crippen LogP contribution in [0.3, 0.4) is 0 Å². The summed E-state index contributed by atoms with van der Waals surface area (Å²) >= 11 is 6.73. The SMILES string of the molecule is CNC(c1ccc(Br)cc1)c1cc(F)cc(Br)c1. The maximum Gasteiger partial charge on any atom is 0.124 e. The van der Waals surface area contributed by atoms with Crippen molar-refractivity contribution in [3.05, 3.63) is 68.4 Å². The topological polar surface area (TPSA) is 12.0 Å². The van der Waals surface area contributed by atoms with E-state index in [1.54, 1.807) is 6.07 Å². The Morgan fingerprint density at radius 3 is 2.17 bits per heavy atom. The van der Waals surface area contributed by atoms with Crippen LogP contribution in [0.4, 0.5) is 4.39 Å². The number of rotatable bonds is 3. The molecule has 0 aromatic heterocycles. The van der Waals surface area contributed by atoms with Gasteiger partial charge >= 0.3 is 0 Å². The van der Waals surface area contributed by atoms with E-state index in [4.69, 9.17) is 0 Å². The van der Waals surface area contributed by atoms with Crippen LogP contribution in [0.1, 0.15) is 17.2 Å². The molecule has 0 amide bonds. The monoisotopic (exact) mass is 371 g/mol. The highest BCUT2D eigenvalue weighted by atomic mass is 79.9. The van der Waals surface area contributed by atoms with Crippen LogP contribution in [0.2, 0.25) is 0 Å². The van der Waals surface area contributed by atoms with Crippen LogP contribution < -0.4 is 5.32 Å². The molecule has 94 valence electrons. The second kappa shape index (κ2) is 5.95. The Hall–Kier alpha value is -0.710. The van der Waals surface area contributed by atoms with Gasteiger partial charge in [0.25, 0.3) is 0 Å². The van der Waals surface area contributed by atoms with E-state index in [9.17, 15) is 4.39 Å². The van der Waals surface area contributed by atoms with Gasteiger partial charge in [-0.15, -0.1) is 0 Å². The molecule has 0 heterocycles. The van der Waals surface area contributed by atoms with E-state index in [1.165, 1.54) is 6.07 Å². The summed E-state index contributed by atoms with van der Waals surface area (Å²) < 4.78 is 15.2. The molecule has 2 aromatic rings. The van der Waals surface area contributed by atoms with Gasteiger partial charge in [0.05, 0.1) is 6.04 Å². The lowest BCUT2D eigenvalue weighted by Crippen LogP contribution is -2.17. The van der Waals surface area contributed by atoms with Crippen LogP contribution in [0.5, 0.6) is 0 Å². The van der Waals surface area contributed by atoms with Crippen LogP contribution in [0.15, 0.2) is 51.4 Å². The van der Waals surface area contributed by atoms with Gasteiger partial charge in [0.1, 0.15) is 5.82 Å². The van der Waals surface area contributed by atoms with Crippen molar-refractivity contribution in [1.29, 1.82) is 0 Å². The van der Waals surface area contributed by atoms with E-state index >= 15 is 0 Å². The summed E-state index contributed by atoms with van der Waals surface area (Å²) in [7, 11) is 1.87. The van der Waals surface area contributed by atoms with Gasteiger partial charge in [-0.05, 0) is 48.5 Å². The van der Waals surface area contributed by atoms with Gasteiger partial charge < -0.3 is 5.32 Å². The molecular formula is C14H12Br2FN. The average molecular weight is 373 g/mol. The fraction of sp³-hybridized carbons (Fsp3) is 0.143. The first-order valence-electron chi connectivity index (χ1n) is 5.49. The molecule has 2 aromatic carbocycles. The van der Waals surface area contributed by atoms with Crippen molar-refractivity contribution in [3.8, 4) is 0 Å². The first-order chi connectivity index (χ1) is 8.60. The van der Waals surface area contributed by atoms with Crippen molar-refractivity contribution in [3.63, 3.8) is 0 Å². The van der Waals surface area contributed by atoms with E-state index in [1.807, 2.05) is 37.4 Å². The Morgan fingerprint density at radius 2 is 1.61 bits per heavy atom. The molecule has 1 nitrogen and oxygen atoms in total. The molecule has 1 atom stereocenters. The third-order valence-electron chi connectivity index (χ3n) is 2.71. The van der Waals surface area contributed by atoms with Crippen molar-refractivity contribution in [2.75, 3.05) is 7.05 Å². The summed E-state index contributed by atoms with van der Waals surface area (Å²) in [5.74, 6) is -0.239. The van der Waals surface area contributed by atoms with Crippen LogP contribution in [0.25, 0.3) is 0 Å².